The molecule has 12 heteroatoms. The number of hydrogen-bond donors (Lipinski definition) is 2. The molecule has 1 fully saturated rings. The van der Waals surface area contributed by atoms with Crippen molar-refractivity contribution in [1.82, 2.24) is 14.9 Å². The third-order valence-electron chi connectivity index (χ3n) is 7.41. The van der Waals surface area contributed by atoms with Gasteiger partial charge in [0.25, 0.3) is 0 Å². The maximum absolute atomic E-state index is 13.7. The molecule has 0 radical (unpaired) electrons. The topological polar surface area (TPSA) is 106 Å². The van der Waals surface area contributed by atoms with E-state index in [1.165, 1.54) is 30.5 Å². The van der Waals surface area contributed by atoms with E-state index in [0.29, 0.717) is 40.3 Å². The van der Waals surface area contributed by atoms with Crippen LogP contribution in [0.2, 0.25) is 23.2 Å². The lowest BCUT2D eigenvalue weighted by Gasteiger charge is -2.38. The first-order valence-electron chi connectivity index (χ1n) is 12.6. The van der Waals surface area contributed by atoms with Crippen molar-refractivity contribution in [1.29, 1.82) is 0 Å². The molecule has 9 nitrogen and oxygen atoms in total. The number of anilines is 2. The minimum atomic E-state index is -2.09. The molecule has 0 aliphatic carbocycles. The van der Waals surface area contributed by atoms with Crippen LogP contribution in [0.3, 0.4) is 0 Å². The number of fused-ring (bicyclic) bond motifs is 1. The second-order valence-corrected chi connectivity index (χ2v) is 16.3. The highest BCUT2D eigenvalue weighted by Crippen LogP contribution is 2.40. The summed E-state index contributed by atoms with van der Waals surface area (Å²) in [7, 11) is -0.547. The van der Waals surface area contributed by atoms with Crippen molar-refractivity contribution in [3.8, 4) is 11.5 Å². The molecule has 0 unspecified atom stereocenters. The van der Waals surface area contributed by atoms with Crippen molar-refractivity contribution in [2.24, 2.45) is 0 Å². The summed E-state index contributed by atoms with van der Waals surface area (Å²) in [6, 6.07) is 7.31. The maximum Gasteiger partial charge on any atom is 0.407 e. The molecular formula is C27H34ClFN4O5Si. The van der Waals surface area contributed by atoms with E-state index in [4.69, 9.17) is 25.5 Å². The fraction of sp³-hybridized carbons (Fsp3) is 0.444. The zero-order valence-electron chi connectivity index (χ0n) is 22.9. The van der Waals surface area contributed by atoms with Crippen molar-refractivity contribution in [3.05, 3.63) is 47.5 Å². The van der Waals surface area contributed by atoms with Crippen LogP contribution in [0.5, 0.6) is 11.5 Å². The standard InChI is InChI=1S/C27H34ClFN4O5Si/c1-27(2,3)39(5,6)38-19-10-17(33(13-19)26(34)35)14-37-23-12-18(36-4)11-22-24(23)25(31-15-30-22)32-16-7-8-21(29)20(28)9-16/h7-9,11-12,15,17,19H,10,13-14H2,1-6H3,(H,34,35)(H,30,31,32)/t17-,19+/m0/s1. The fourth-order valence-corrected chi connectivity index (χ4v) is 5.84. The molecule has 2 heterocycles. The Morgan fingerprint density at radius 1 is 1.26 bits per heavy atom. The lowest BCUT2D eigenvalue weighted by molar-refractivity contribution is 0.120. The van der Waals surface area contributed by atoms with Crippen LogP contribution < -0.4 is 14.8 Å². The summed E-state index contributed by atoms with van der Waals surface area (Å²) in [6.45, 7) is 11.2. The maximum atomic E-state index is 13.7. The number of rotatable bonds is 8. The first-order valence-corrected chi connectivity index (χ1v) is 15.9. The lowest BCUT2D eigenvalue weighted by atomic mass is 10.2. The van der Waals surface area contributed by atoms with Crippen molar-refractivity contribution < 1.29 is 28.2 Å². The van der Waals surface area contributed by atoms with E-state index >= 15 is 0 Å². The van der Waals surface area contributed by atoms with Crippen LogP contribution in [-0.2, 0) is 4.43 Å². The van der Waals surface area contributed by atoms with Crippen LogP contribution in [0.15, 0.2) is 36.7 Å². The first kappa shape index (κ1) is 28.8. The summed E-state index contributed by atoms with van der Waals surface area (Å²) < 4.78 is 31.9. The van der Waals surface area contributed by atoms with Gasteiger partial charge in [0.15, 0.2) is 8.32 Å². The van der Waals surface area contributed by atoms with Gasteiger partial charge in [-0.2, -0.15) is 0 Å². The summed E-state index contributed by atoms with van der Waals surface area (Å²) in [6.07, 6.45) is 0.696. The van der Waals surface area contributed by atoms with Gasteiger partial charge in [-0.1, -0.05) is 32.4 Å². The summed E-state index contributed by atoms with van der Waals surface area (Å²) in [5.74, 6) is 0.826. The zero-order valence-corrected chi connectivity index (χ0v) is 24.7. The molecule has 2 aromatic carbocycles. The van der Waals surface area contributed by atoms with Crippen molar-refractivity contribution in [2.45, 2.75) is 57.5 Å². The molecule has 1 amide bonds. The van der Waals surface area contributed by atoms with Crippen LogP contribution in [0.1, 0.15) is 27.2 Å². The number of ether oxygens (including phenoxy) is 2. The van der Waals surface area contributed by atoms with Gasteiger partial charge in [0.1, 0.15) is 36.1 Å². The average molecular weight is 577 g/mol. The fourth-order valence-electron chi connectivity index (χ4n) is 4.30. The molecule has 2 atom stereocenters. The molecule has 4 rings (SSSR count). The second-order valence-electron chi connectivity index (χ2n) is 11.1. The summed E-state index contributed by atoms with van der Waals surface area (Å²) in [4.78, 5) is 22.2. The van der Waals surface area contributed by atoms with E-state index < -0.39 is 26.3 Å². The number of nitrogens with zero attached hydrogens (tertiary/aromatic N) is 3. The zero-order chi connectivity index (χ0) is 28.5. The van der Waals surface area contributed by atoms with Gasteiger partial charge in [-0.25, -0.2) is 19.2 Å². The SMILES string of the molecule is COc1cc(OC[C@@H]2C[C@@H](O[Si](C)(C)C(C)(C)C)CN2C(=O)O)c2c(Nc3ccc(F)c(Cl)c3)ncnc2c1. The van der Waals surface area contributed by atoms with Crippen LogP contribution >= 0.6 is 11.6 Å². The quantitative estimate of drug-likeness (QED) is 0.285. The van der Waals surface area contributed by atoms with E-state index in [1.54, 1.807) is 18.2 Å². The largest absolute Gasteiger partial charge is 0.497 e. The molecular weight excluding hydrogens is 543 g/mol. The molecule has 0 spiro atoms. The Balaban J connectivity index is 1.61. The number of aromatic nitrogens is 2. The van der Waals surface area contributed by atoms with Gasteiger partial charge in [0, 0.05) is 24.4 Å². The van der Waals surface area contributed by atoms with E-state index in [2.05, 4.69) is 49.1 Å². The van der Waals surface area contributed by atoms with Crippen molar-refractivity contribution in [2.75, 3.05) is 25.6 Å². The number of likely N-dealkylation sites (tertiary alicyclic amines) is 1. The van der Waals surface area contributed by atoms with E-state index in [9.17, 15) is 14.3 Å². The molecule has 2 N–H and O–H groups in total. The summed E-state index contributed by atoms with van der Waals surface area (Å²) >= 11 is 5.96. The first-order chi connectivity index (χ1) is 18.3. The number of carbonyl (C=O) groups is 1. The van der Waals surface area contributed by atoms with Crippen LogP contribution in [0.25, 0.3) is 10.9 Å². The summed E-state index contributed by atoms with van der Waals surface area (Å²) in [5.41, 5.74) is 1.08. The molecule has 0 bridgehead atoms. The Hall–Kier alpha value is -3.15. The van der Waals surface area contributed by atoms with Gasteiger partial charge >= 0.3 is 6.09 Å². The molecule has 3 aromatic rings. The van der Waals surface area contributed by atoms with E-state index in [1.807, 2.05) is 0 Å². The van der Waals surface area contributed by atoms with Crippen LogP contribution in [0.4, 0.5) is 20.7 Å². The van der Waals surface area contributed by atoms with Gasteiger partial charge < -0.3 is 24.3 Å². The van der Waals surface area contributed by atoms with E-state index in [0.717, 1.165) is 0 Å². The molecule has 210 valence electrons. The highest BCUT2D eigenvalue weighted by Gasteiger charge is 2.44. The van der Waals surface area contributed by atoms with Gasteiger partial charge in [-0.3, -0.25) is 4.90 Å². The number of benzene rings is 2. The molecule has 1 aromatic heterocycles. The highest BCUT2D eigenvalue weighted by molar-refractivity contribution is 6.74. The molecule has 1 aliphatic heterocycles. The van der Waals surface area contributed by atoms with Crippen LogP contribution in [-0.4, -0.2) is 66.8 Å². The third-order valence-corrected chi connectivity index (χ3v) is 12.2. The lowest BCUT2D eigenvalue weighted by Crippen LogP contribution is -2.44. The third kappa shape index (κ3) is 6.37. The van der Waals surface area contributed by atoms with Gasteiger partial charge in [-0.15, -0.1) is 0 Å². The molecule has 1 saturated heterocycles. The second kappa shape index (κ2) is 11.1. The molecule has 1 aliphatic rings. The number of amides is 1. The molecule has 39 heavy (non-hydrogen) atoms. The number of halogens is 2. The average Bonchev–Trinajstić information content (AvgIpc) is 3.26. The minimum Gasteiger partial charge on any atom is -0.497 e. The van der Waals surface area contributed by atoms with Gasteiger partial charge in [0.2, 0.25) is 0 Å². The number of carboxylic acid groups (broad SMARTS) is 1. The Labute approximate surface area is 233 Å². The minimum absolute atomic E-state index is 0.00724. The Morgan fingerprint density at radius 2 is 2.00 bits per heavy atom. The number of hydrogen-bond acceptors (Lipinski definition) is 7. The predicted molar refractivity (Wildman–Crippen MR) is 151 cm³/mol. The Morgan fingerprint density at radius 3 is 2.64 bits per heavy atom. The normalized spacial score (nSPS) is 17.9. The number of methoxy groups -OCH3 is 1. The Kier molecular flexibility index (Phi) is 8.24. The monoisotopic (exact) mass is 576 g/mol. The van der Waals surface area contributed by atoms with Crippen LogP contribution in [0, 0.1) is 5.82 Å². The van der Waals surface area contributed by atoms with E-state index in [-0.39, 0.29) is 29.3 Å². The summed E-state index contributed by atoms with van der Waals surface area (Å²) in [5, 5.41) is 13.6. The smallest absolute Gasteiger partial charge is 0.407 e. The Bertz CT molecular complexity index is 1370. The van der Waals surface area contributed by atoms with Crippen molar-refractivity contribution >= 4 is 48.4 Å². The van der Waals surface area contributed by atoms with Gasteiger partial charge in [-0.05, 0) is 42.8 Å². The predicted octanol–water partition coefficient (Wildman–Crippen LogP) is 6.70. The molecule has 0 saturated carbocycles. The number of nitrogens with one attached hydrogen (secondary N) is 1. The van der Waals surface area contributed by atoms with Crippen molar-refractivity contribution in [3.63, 3.8) is 0 Å². The highest BCUT2D eigenvalue weighted by atomic mass is 35.5. The van der Waals surface area contributed by atoms with Gasteiger partial charge in [0.05, 0.1) is 35.2 Å².